The van der Waals surface area contributed by atoms with Gasteiger partial charge < -0.3 is 10.6 Å². The molecule has 162 valence electrons. The number of amides is 1. The minimum Gasteiger partial charge on any atom is -0.334 e. The molecule has 1 aliphatic rings. The number of rotatable bonds is 3. The van der Waals surface area contributed by atoms with Gasteiger partial charge in [0.05, 0.1) is 22.3 Å². The van der Waals surface area contributed by atoms with E-state index in [1.165, 1.54) is 0 Å². The smallest absolute Gasteiger partial charge is 0.255 e. The molecule has 2 atom stereocenters. The average molecular weight is 450 g/mol. The van der Waals surface area contributed by atoms with Crippen LogP contribution in [0.25, 0.3) is 22.3 Å². The highest BCUT2D eigenvalue weighted by Gasteiger charge is 2.32. The van der Waals surface area contributed by atoms with Crippen LogP contribution in [0.15, 0.2) is 36.4 Å². The van der Waals surface area contributed by atoms with Crippen LogP contribution in [-0.2, 0) is 7.05 Å². The molecule has 1 aliphatic heterocycles. The molecule has 0 radical (unpaired) electrons. The third-order valence-corrected chi connectivity index (χ3v) is 5.69. The van der Waals surface area contributed by atoms with Crippen molar-refractivity contribution in [3.8, 4) is 11.3 Å². The van der Waals surface area contributed by atoms with E-state index in [1.54, 1.807) is 4.68 Å². The monoisotopic (exact) mass is 449 g/mol. The zero-order valence-corrected chi connectivity index (χ0v) is 19.2. The Labute approximate surface area is 189 Å². The summed E-state index contributed by atoms with van der Waals surface area (Å²) in [6, 6.07) is 11.9. The average Bonchev–Trinajstić information content (AvgIpc) is 3.01. The standard InChI is InChI=1S/C22H27N5O.2ClH/c1-14(23)19-11-7-8-12-27(19)22(28)17-13-18(16-9-5-4-6-10-16)24-21-20(17)15(2)25-26(21)3;;/h4-6,9-10,13-14,19H,7-8,11-12,23H2,1-3H3;2*1H. The molecule has 1 amide bonds. The molecule has 3 heterocycles. The van der Waals surface area contributed by atoms with E-state index in [0.29, 0.717) is 5.56 Å². The fourth-order valence-corrected chi connectivity index (χ4v) is 4.28. The van der Waals surface area contributed by atoms with Crippen molar-refractivity contribution in [1.29, 1.82) is 0 Å². The molecule has 30 heavy (non-hydrogen) atoms. The van der Waals surface area contributed by atoms with Crippen LogP contribution in [0.2, 0.25) is 0 Å². The van der Waals surface area contributed by atoms with E-state index >= 15 is 0 Å². The minimum absolute atomic E-state index is 0. The van der Waals surface area contributed by atoms with Gasteiger partial charge in [-0.15, -0.1) is 24.8 Å². The van der Waals surface area contributed by atoms with Gasteiger partial charge in [-0.2, -0.15) is 5.10 Å². The fourth-order valence-electron chi connectivity index (χ4n) is 4.28. The van der Waals surface area contributed by atoms with Crippen molar-refractivity contribution in [3.05, 3.63) is 47.7 Å². The van der Waals surface area contributed by atoms with Crippen molar-refractivity contribution in [2.75, 3.05) is 6.54 Å². The molecular formula is C22H29Cl2N5O. The van der Waals surface area contributed by atoms with Crippen LogP contribution in [0.4, 0.5) is 0 Å². The molecule has 0 spiro atoms. The van der Waals surface area contributed by atoms with E-state index in [0.717, 1.165) is 53.8 Å². The van der Waals surface area contributed by atoms with Crippen LogP contribution in [0.5, 0.6) is 0 Å². The highest BCUT2D eigenvalue weighted by Crippen LogP contribution is 2.30. The lowest BCUT2D eigenvalue weighted by atomic mass is 9.95. The number of piperidine rings is 1. The lowest BCUT2D eigenvalue weighted by Gasteiger charge is -2.38. The number of aromatic nitrogens is 3. The van der Waals surface area contributed by atoms with Gasteiger partial charge in [0.15, 0.2) is 5.65 Å². The number of fused-ring (bicyclic) bond motifs is 1. The van der Waals surface area contributed by atoms with Crippen LogP contribution in [0.3, 0.4) is 0 Å². The summed E-state index contributed by atoms with van der Waals surface area (Å²) in [7, 11) is 1.87. The predicted molar refractivity (Wildman–Crippen MR) is 126 cm³/mol. The van der Waals surface area contributed by atoms with Crippen molar-refractivity contribution < 1.29 is 4.79 Å². The number of nitrogens with two attached hydrogens (primary N) is 1. The molecule has 0 bridgehead atoms. The Balaban J connectivity index is 0.00000160. The maximum Gasteiger partial charge on any atom is 0.255 e. The van der Waals surface area contributed by atoms with Crippen molar-refractivity contribution in [3.63, 3.8) is 0 Å². The normalized spacial score (nSPS) is 17.2. The first-order valence-corrected chi connectivity index (χ1v) is 9.93. The number of likely N-dealkylation sites (tertiary alicyclic amines) is 1. The second-order valence-electron chi connectivity index (χ2n) is 7.75. The van der Waals surface area contributed by atoms with Gasteiger partial charge in [0.25, 0.3) is 5.91 Å². The molecule has 8 heteroatoms. The molecule has 4 rings (SSSR count). The van der Waals surface area contributed by atoms with Gasteiger partial charge in [-0.25, -0.2) is 4.98 Å². The number of hydrogen-bond donors (Lipinski definition) is 1. The third-order valence-electron chi connectivity index (χ3n) is 5.69. The summed E-state index contributed by atoms with van der Waals surface area (Å²) >= 11 is 0. The fraction of sp³-hybridized carbons (Fsp3) is 0.409. The summed E-state index contributed by atoms with van der Waals surface area (Å²) in [5, 5.41) is 5.36. The molecule has 1 saturated heterocycles. The van der Waals surface area contributed by atoms with E-state index in [2.05, 4.69) is 5.10 Å². The molecule has 0 aliphatic carbocycles. The predicted octanol–water partition coefficient (Wildman–Crippen LogP) is 4.13. The molecule has 2 unspecified atom stereocenters. The maximum atomic E-state index is 13.7. The van der Waals surface area contributed by atoms with E-state index in [1.807, 2.05) is 62.2 Å². The highest BCUT2D eigenvalue weighted by molar-refractivity contribution is 6.07. The molecule has 6 nitrogen and oxygen atoms in total. The summed E-state index contributed by atoms with van der Waals surface area (Å²) < 4.78 is 1.76. The van der Waals surface area contributed by atoms with E-state index in [4.69, 9.17) is 10.7 Å². The highest BCUT2D eigenvalue weighted by atomic mass is 35.5. The minimum atomic E-state index is -0.0508. The Bertz CT molecular complexity index is 1020. The molecule has 3 aromatic rings. The Morgan fingerprint density at radius 2 is 1.90 bits per heavy atom. The van der Waals surface area contributed by atoms with Gasteiger partial charge in [0, 0.05) is 31.2 Å². The molecule has 0 saturated carbocycles. The second-order valence-corrected chi connectivity index (χ2v) is 7.75. The number of halogens is 2. The van der Waals surface area contributed by atoms with Gasteiger partial charge in [0.1, 0.15) is 0 Å². The molecule has 2 aromatic heterocycles. The Hall–Kier alpha value is -2.15. The number of carbonyl (C=O) groups excluding carboxylic acids is 1. The van der Waals surface area contributed by atoms with Gasteiger partial charge in [0.2, 0.25) is 0 Å². The molecule has 2 N–H and O–H groups in total. The lowest BCUT2D eigenvalue weighted by Crippen LogP contribution is -2.51. The maximum absolute atomic E-state index is 13.7. The number of nitrogens with zero attached hydrogens (tertiary/aromatic N) is 4. The first-order chi connectivity index (χ1) is 13.5. The summed E-state index contributed by atoms with van der Waals surface area (Å²) in [5.74, 6) is 0.0303. The Kier molecular flexibility index (Phi) is 7.86. The van der Waals surface area contributed by atoms with Crippen LogP contribution in [0.1, 0.15) is 42.2 Å². The van der Waals surface area contributed by atoms with Crippen LogP contribution >= 0.6 is 24.8 Å². The number of hydrogen-bond acceptors (Lipinski definition) is 4. The van der Waals surface area contributed by atoms with Crippen LogP contribution in [0, 0.1) is 6.92 Å². The second kappa shape index (κ2) is 9.77. The lowest BCUT2D eigenvalue weighted by molar-refractivity contribution is 0.0586. The third kappa shape index (κ3) is 4.31. The quantitative estimate of drug-likeness (QED) is 0.651. The Morgan fingerprint density at radius 1 is 1.20 bits per heavy atom. The topological polar surface area (TPSA) is 77.0 Å². The van der Waals surface area contributed by atoms with Crippen molar-refractivity contribution in [2.24, 2.45) is 12.8 Å². The SMILES string of the molecule is Cc1nn(C)c2nc(-c3ccccc3)cc(C(=O)N3CCCCC3C(C)N)c12.Cl.Cl. The zero-order chi connectivity index (χ0) is 19.8. The number of carbonyl (C=O) groups is 1. The van der Waals surface area contributed by atoms with Crippen molar-refractivity contribution >= 4 is 41.8 Å². The Morgan fingerprint density at radius 3 is 2.57 bits per heavy atom. The largest absolute Gasteiger partial charge is 0.334 e. The summed E-state index contributed by atoms with van der Waals surface area (Å²) in [4.78, 5) is 20.5. The first kappa shape index (κ1) is 24.1. The zero-order valence-electron chi connectivity index (χ0n) is 17.5. The number of aryl methyl sites for hydroxylation is 2. The van der Waals surface area contributed by atoms with Crippen LogP contribution in [-0.4, -0.2) is 44.2 Å². The van der Waals surface area contributed by atoms with Gasteiger partial charge in [-0.3, -0.25) is 9.48 Å². The number of pyridine rings is 1. The van der Waals surface area contributed by atoms with E-state index < -0.39 is 0 Å². The molecular weight excluding hydrogens is 421 g/mol. The van der Waals surface area contributed by atoms with Gasteiger partial charge in [-0.05, 0) is 39.2 Å². The summed E-state index contributed by atoms with van der Waals surface area (Å²) in [5.41, 5.74) is 10.2. The summed E-state index contributed by atoms with van der Waals surface area (Å²) in [6.07, 6.45) is 3.08. The van der Waals surface area contributed by atoms with E-state index in [-0.39, 0.29) is 42.8 Å². The molecule has 1 fully saturated rings. The van der Waals surface area contributed by atoms with E-state index in [9.17, 15) is 4.79 Å². The summed E-state index contributed by atoms with van der Waals surface area (Å²) in [6.45, 7) is 4.67. The van der Waals surface area contributed by atoms with Crippen molar-refractivity contribution in [2.45, 2.75) is 45.2 Å². The molecule has 1 aromatic carbocycles. The van der Waals surface area contributed by atoms with Crippen molar-refractivity contribution in [1.82, 2.24) is 19.7 Å². The number of benzene rings is 1. The first-order valence-electron chi connectivity index (χ1n) is 9.93. The van der Waals surface area contributed by atoms with Gasteiger partial charge in [-0.1, -0.05) is 30.3 Å². The van der Waals surface area contributed by atoms with Crippen LogP contribution < -0.4 is 5.73 Å². The van der Waals surface area contributed by atoms with Gasteiger partial charge >= 0.3 is 0 Å².